The lowest BCUT2D eigenvalue weighted by Crippen LogP contribution is -2.26. The van der Waals surface area contributed by atoms with Crippen molar-refractivity contribution in [2.75, 3.05) is 29.2 Å². The zero-order valence-corrected chi connectivity index (χ0v) is 19.1. The SMILES string of the molecule is C=C/C=C\C(=C)c1cc(C(=O)Nc2ccc(N(CCC)CCCl)cc2)c2ccccc2n1. The van der Waals surface area contributed by atoms with E-state index in [1.807, 2.05) is 54.6 Å². The molecule has 1 heterocycles. The number of carbonyl (C=O) groups excluding carboxylic acids is 1. The number of para-hydroxylation sites is 1. The summed E-state index contributed by atoms with van der Waals surface area (Å²) in [5, 5.41) is 3.81. The van der Waals surface area contributed by atoms with Crippen LogP contribution in [0.1, 0.15) is 29.4 Å². The molecule has 0 aliphatic heterocycles. The van der Waals surface area contributed by atoms with Crippen molar-refractivity contribution in [1.82, 2.24) is 4.98 Å². The first-order valence-corrected chi connectivity index (χ1v) is 11.2. The van der Waals surface area contributed by atoms with E-state index in [1.165, 1.54) is 0 Å². The number of nitrogens with zero attached hydrogens (tertiary/aromatic N) is 2. The van der Waals surface area contributed by atoms with Crippen molar-refractivity contribution in [3.05, 3.63) is 97.2 Å². The fourth-order valence-corrected chi connectivity index (χ4v) is 3.70. The van der Waals surface area contributed by atoms with E-state index >= 15 is 0 Å². The lowest BCUT2D eigenvalue weighted by molar-refractivity contribution is 0.102. The molecule has 1 amide bonds. The normalized spacial score (nSPS) is 10.9. The summed E-state index contributed by atoms with van der Waals surface area (Å²) in [5.74, 6) is 0.382. The van der Waals surface area contributed by atoms with E-state index < -0.39 is 0 Å². The molecule has 0 atom stereocenters. The zero-order valence-electron chi connectivity index (χ0n) is 18.4. The van der Waals surface area contributed by atoms with Gasteiger partial charge in [0.15, 0.2) is 0 Å². The summed E-state index contributed by atoms with van der Waals surface area (Å²) in [4.78, 5) is 20.1. The third-order valence-corrected chi connectivity index (χ3v) is 5.23. The lowest BCUT2D eigenvalue weighted by Gasteiger charge is -2.23. The number of alkyl halides is 1. The van der Waals surface area contributed by atoms with Gasteiger partial charge in [0.2, 0.25) is 0 Å². The number of nitrogens with one attached hydrogen (secondary N) is 1. The van der Waals surface area contributed by atoms with Gasteiger partial charge in [0.1, 0.15) is 0 Å². The lowest BCUT2D eigenvalue weighted by atomic mass is 10.0. The van der Waals surface area contributed by atoms with Gasteiger partial charge in [-0.1, -0.05) is 56.5 Å². The molecule has 0 saturated heterocycles. The maximum Gasteiger partial charge on any atom is 0.256 e. The van der Waals surface area contributed by atoms with Gasteiger partial charge in [-0.15, -0.1) is 11.6 Å². The highest BCUT2D eigenvalue weighted by Crippen LogP contribution is 2.24. The fraction of sp³-hybridized carbons (Fsp3) is 0.185. The van der Waals surface area contributed by atoms with E-state index in [2.05, 4.69) is 35.3 Å². The number of halogens is 1. The maximum atomic E-state index is 13.2. The van der Waals surface area contributed by atoms with Crippen molar-refractivity contribution in [1.29, 1.82) is 0 Å². The number of aromatic nitrogens is 1. The van der Waals surface area contributed by atoms with Gasteiger partial charge in [-0.2, -0.15) is 0 Å². The van der Waals surface area contributed by atoms with Crippen molar-refractivity contribution in [3.8, 4) is 0 Å². The Kier molecular flexibility index (Phi) is 8.23. The van der Waals surface area contributed by atoms with Crippen LogP contribution in [0.4, 0.5) is 11.4 Å². The largest absolute Gasteiger partial charge is 0.370 e. The molecule has 0 aliphatic carbocycles. The predicted molar refractivity (Wildman–Crippen MR) is 138 cm³/mol. The number of anilines is 2. The summed E-state index contributed by atoms with van der Waals surface area (Å²) >= 11 is 5.94. The van der Waals surface area contributed by atoms with E-state index in [9.17, 15) is 4.79 Å². The Morgan fingerprint density at radius 1 is 1.16 bits per heavy atom. The summed E-state index contributed by atoms with van der Waals surface area (Å²) in [5.41, 5.74) is 4.48. The topological polar surface area (TPSA) is 45.2 Å². The van der Waals surface area contributed by atoms with E-state index in [4.69, 9.17) is 11.6 Å². The number of rotatable bonds is 10. The number of benzene rings is 2. The molecular formula is C27H28ClN3O. The second-order valence-electron chi connectivity index (χ2n) is 7.37. The maximum absolute atomic E-state index is 13.2. The first-order valence-electron chi connectivity index (χ1n) is 10.7. The number of fused-ring (bicyclic) bond motifs is 1. The Morgan fingerprint density at radius 3 is 2.59 bits per heavy atom. The van der Waals surface area contributed by atoms with Crippen LogP contribution in [0, 0.1) is 0 Å². The molecule has 0 spiro atoms. The average molecular weight is 446 g/mol. The van der Waals surface area contributed by atoms with Crippen LogP contribution in [0.15, 0.2) is 86.0 Å². The summed E-state index contributed by atoms with van der Waals surface area (Å²) in [6.45, 7) is 11.6. The van der Waals surface area contributed by atoms with Crippen LogP contribution in [0.2, 0.25) is 0 Å². The van der Waals surface area contributed by atoms with Gasteiger partial charge in [0.25, 0.3) is 5.91 Å². The van der Waals surface area contributed by atoms with Gasteiger partial charge in [-0.3, -0.25) is 4.79 Å². The van der Waals surface area contributed by atoms with E-state index in [1.54, 1.807) is 18.2 Å². The number of pyridine rings is 1. The summed E-state index contributed by atoms with van der Waals surface area (Å²) in [6.07, 6.45) is 6.35. The molecule has 0 radical (unpaired) electrons. The number of carbonyl (C=O) groups is 1. The highest BCUT2D eigenvalue weighted by Gasteiger charge is 2.14. The average Bonchev–Trinajstić information content (AvgIpc) is 2.82. The molecule has 164 valence electrons. The van der Waals surface area contributed by atoms with Crippen LogP contribution in [-0.2, 0) is 0 Å². The van der Waals surface area contributed by atoms with Gasteiger partial charge in [0, 0.05) is 35.7 Å². The van der Waals surface area contributed by atoms with E-state index in [-0.39, 0.29) is 5.91 Å². The Balaban J connectivity index is 1.88. The standard InChI is InChI=1S/C27H28ClN3O/c1-4-6-9-20(3)26-19-24(23-10-7-8-11-25(23)30-26)27(32)29-21-12-14-22(15-13-21)31(17-5-2)18-16-28/h4,6-15,19H,1,3,5,16-18H2,2H3,(H,29,32)/b9-6-. The molecule has 3 rings (SSSR count). The summed E-state index contributed by atoms with van der Waals surface area (Å²) in [7, 11) is 0. The molecule has 32 heavy (non-hydrogen) atoms. The van der Waals surface area contributed by atoms with Crippen LogP contribution >= 0.6 is 11.6 Å². The molecule has 0 fully saturated rings. The van der Waals surface area contributed by atoms with Crippen LogP contribution < -0.4 is 10.2 Å². The monoisotopic (exact) mass is 445 g/mol. The molecule has 5 heteroatoms. The van der Waals surface area contributed by atoms with Crippen LogP contribution in [0.5, 0.6) is 0 Å². The van der Waals surface area contributed by atoms with Gasteiger partial charge >= 0.3 is 0 Å². The van der Waals surface area contributed by atoms with Crippen LogP contribution in [0.3, 0.4) is 0 Å². The zero-order chi connectivity index (χ0) is 22.9. The Hall–Kier alpha value is -3.37. The third-order valence-electron chi connectivity index (χ3n) is 5.06. The first-order chi connectivity index (χ1) is 15.6. The molecule has 1 aromatic heterocycles. The van der Waals surface area contributed by atoms with Gasteiger partial charge in [-0.25, -0.2) is 4.98 Å². The molecule has 0 unspecified atom stereocenters. The highest BCUT2D eigenvalue weighted by atomic mass is 35.5. The first kappa shape index (κ1) is 23.3. The third kappa shape index (κ3) is 5.65. The number of hydrogen-bond donors (Lipinski definition) is 1. The van der Waals surface area contributed by atoms with E-state index in [0.717, 1.165) is 41.8 Å². The van der Waals surface area contributed by atoms with Crippen LogP contribution in [-0.4, -0.2) is 29.9 Å². The summed E-state index contributed by atoms with van der Waals surface area (Å²) in [6, 6.07) is 17.2. The fourth-order valence-electron chi connectivity index (χ4n) is 3.49. The van der Waals surface area contributed by atoms with Gasteiger partial charge in [-0.05, 0) is 48.4 Å². The molecule has 4 nitrogen and oxygen atoms in total. The Bertz CT molecular complexity index is 1130. The number of amides is 1. The van der Waals surface area contributed by atoms with Gasteiger partial charge in [0.05, 0.1) is 16.8 Å². The van der Waals surface area contributed by atoms with Crippen molar-refractivity contribution < 1.29 is 4.79 Å². The molecule has 1 N–H and O–H groups in total. The second kappa shape index (κ2) is 11.3. The Morgan fingerprint density at radius 2 is 1.91 bits per heavy atom. The smallest absolute Gasteiger partial charge is 0.256 e. The predicted octanol–water partition coefficient (Wildman–Crippen LogP) is 6.70. The molecular weight excluding hydrogens is 418 g/mol. The van der Waals surface area contributed by atoms with Crippen molar-refractivity contribution in [2.24, 2.45) is 0 Å². The number of allylic oxidation sites excluding steroid dienone is 4. The van der Waals surface area contributed by atoms with Crippen molar-refractivity contribution in [3.63, 3.8) is 0 Å². The molecule has 2 aromatic carbocycles. The molecule has 0 aliphatic rings. The van der Waals surface area contributed by atoms with Crippen molar-refractivity contribution in [2.45, 2.75) is 13.3 Å². The second-order valence-corrected chi connectivity index (χ2v) is 7.75. The van der Waals surface area contributed by atoms with Crippen molar-refractivity contribution >= 4 is 45.4 Å². The van der Waals surface area contributed by atoms with E-state index in [0.29, 0.717) is 22.7 Å². The minimum absolute atomic E-state index is 0.190. The summed E-state index contributed by atoms with van der Waals surface area (Å²) < 4.78 is 0. The molecule has 0 bridgehead atoms. The molecule has 3 aromatic rings. The molecule has 0 saturated carbocycles. The quantitative estimate of drug-likeness (QED) is 0.279. The van der Waals surface area contributed by atoms with Gasteiger partial charge < -0.3 is 10.2 Å². The highest BCUT2D eigenvalue weighted by molar-refractivity contribution is 6.18. The Labute approximate surface area is 194 Å². The van der Waals surface area contributed by atoms with Crippen LogP contribution in [0.25, 0.3) is 16.5 Å². The minimum Gasteiger partial charge on any atom is -0.370 e. The number of hydrogen-bond acceptors (Lipinski definition) is 3. The minimum atomic E-state index is -0.190.